The highest BCUT2D eigenvalue weighted by molar-refractivity contribution is 9.10. The van der Waals surface area contributed by atoms with Gasteiger partial charge in [0.05, 0.1) is 0 Å². The van der Waals surface area contributed by atoms with Crippen molar-refractivity contribution in [3.8, 4) is 0 Å². The molecule has 1 amide bonds. The van der Waals surface area contributed by atoms with Gasteiger partial charge >= 0.3 is 6.09 Å². The third-order valence-corrected chi connectivity index (χ3v) is 4.02. The fourth-order valence-corrected chi connectivity index (χ4v) is 3.06. The number of nitrogens with one attached hydrogen (secondary N) is 1. The number of alkyl carbamates (subject to hydrolysis) is 1. The zero-order valence-corrected chi connectivity index (χ0v) is 13.8. The van der Waals surface area contributed by atoms with Gasteiger partial charge in [0, 0.05) is 33.8 Å². The molecule has 0 saturated heterocycles. The lowest BCUT2D eigenvalue weighted by atomic mass is 10.1. The minimum atomic E-state index is -0.503. The lowest BCUT2D eigenvalue weighted by molar-refractivity contribution is 0.0513. The highest BCUT2D eigenvalue weighted by Crippen LogP contribution is 2.22. The van der Waals surface area contributed by atoms with E-state index in [-0.39, 0.29) is 12.5 Å². The number of thiophene rings is 1. The van der Waals surface area contributed by atoms with Gasteiger partial charge in [-0.05, 0) is 49.2 Å². The van der Waals surface area contributed by atoms with Gasteiger partial charge in [0.25, 0.3) is 0 Å². The van der Waals surface area contributed by atoms with Crippen LogP contribution in [0.15, 0.2) is 15.9 Å². The number of ether oxygens (including phenoxy) is 1. The molecule has 1 rings (SSSR count). The maximum atomic E-state index is 11.5. The van der Waals surface area contributed by atoms with Crippen molar-refractivity contribution in [3.05, 3.63) is 20.8 Å². The number of hydrogen-bond acceptors (Lipinski definition) is 4. The lowest BCUT2D eigenvalue weighted by Gasteiger charge is -2.21. The second-order valence-corrected chi connectivity index (χ2v) is 7.28. The highest BCUT2D eigenvalue weighted by atomic mass is 79.9. The molecule has 0 fully saturated rings. The van der Waals surface area contributed by atoms with E-state index in [4.69, 9.17) is 4.74 Å². The molecule has 0 spiro atoms. The van der Waals surface area contributed by atoms with Gasteiger partial charge < -0.3 is 15.2 Å². The normalized spacial score (nSPS) is 13.1. The van der Waals surface area contributed by atoms with Gasteiger partial charge in [-0.1, -0.05) is 0 Å². The highest BCUT2D eigenvalue weighted by Gasteiger charge is 2.17. The Kier molecular flexibility index (Phi) is 6.29. The van der Waals surface area contributed by atoms with E-state index < -0.39 is 11.7 Å². The van der Waals surface area contributed by atoms with Crippen LogP contribution in [0.4, 0.5) is 4.79 Å². The van der Waals surface area contributed by atoms with Crippen LogP contribution in [-0.4, -0.2) is 30.0 Å². The zero-order valence-electron chi connectivity index (χ0n) is 11.4. The molecular weight excluding hydrogens is 330 g/mol. The SMILES string of the molecule is CC(C)(C)OC(=O)NCC(CO)Cc1cc(Br)cs1. The van der Waals surface area contributed by atoms with Crippen LogP contribution in [0.1, 0.15) is 25.6 Å². The molecule has 0 aliphatic heterocycles. The number of amides is 1. The molecule has 0 aromatic carbocycles. The Morgan fingerprint density at radius 2 is 2.26 bits per heavy atom. The summed E-state index contributed by atoms with van der Waals surface area (Å²) in [6.45, 7) is 5.89. The van der Waals surface area contributed by atoms with Crippen LogP contribution in [0, 0.1) is 5.92 Å². The van der Waals surface area contributed by atoms with E-state index in [1.54, 1.807) is 11.3 Å². The largest absolute Gasteiger partial charge is 0.444 e. The second kappa shape index (κ2) is 7.26. The van der Waals surface area contributed by atoms with E-state index in [0.717, 1.165) is 10.9 Å². The fraction of sp³-hybridized carbons (Fsp3) is 0.615. The predicted octanol–water partition coefficient (Wildman–Crippen LogP) is 3.19. The first-order valence-corrected chi connectivity index (χ1v) is 7.78. The van der Waals surface area contributed by atoms with Crippen LogP contribution in [0.2, 0.25) is 0 Å². The number of carbonyl (C=O) groups is 1. The van der Waals surface area contributed by atoms with Gasteiger partial charge in [0.1, 0.15) is 5.60 Å². The van der Waals surface area contributed by atoms with E-state index in [1.165, 1.54) is 4.88 Å². The van der Waals surface area contributed by atoms with Gasteiger partial charge in [0.2, 0.25) is 0 Å². The minimum Gasteiger partial charge on any atom is -0.444 e. The van der Waals surface area contributed by atoms with Crippen LogP contribution in [0.25, 0.3) is 0 Å². The molecule has 0 bridgehead atoms. The number of aliphatic hydroxyl groups excluding tert-OH is 1. The number of halogens is 1. The Balaban J connectivity index is 2.38. The summed E-state index contributed by atoms with van der Waals surface area (Å²) in [6.07, 6.45) is 0.293. The summed E-state index contributed by atoms with van der Waals surface area (Å²) in [7, 11) is 0. The van der Waals surface area contributed by atoms with Gasteiger partial charge in [-0.2, -0.15) is 0 Å². The molecule has 0 aliphatic rings. The van der Waals surface area contributed by atoms with E-state index >= 15 is 0 Å². The van der Waals surface area contributed by atoms with Crippen molar-refractivity contribution in [2.75, 3.05) is 13.2 Å². The van der Waals surface area contributed by atoms with Gasteiger partial charge in [-0.25, -0.2) is 4.79 Å². The molecule has 1 heterocycles. The summed E-state index contributed by atoms with van der Waals surface area (Å²) in [5.41, 5.74) is -0.503. The Morgan fingerprint density at radius 1 is 1.58 bits per heavy atom. The monoisotopic (exact) mass is 349 g/mol. The molecule has 1 aromatic rings. The number of rotatable bonds is 5. The van der Waals surface area contributed by atoms with Crippen molar-refractivity contribution in [1.29, 1.82) is 0 Å². The molecule has 6 heteroatoms. The van der Waals surface area contributed by atoms with Crippen molar-refractivity contribution in [2.45, 2.75) is 32.8 Å². The molecular formula is C13H20BrNO3S. The Hall–Kier alpha value is -0.590. The summed E-state index contributed by atoms with van der Waals surface area (Å²) in [6, 6.07) is 2.03. The first-order valence-electron chi connectivity index (χ1n) is 6.11. The quantitative estimate of drug-likeness (QED) is 0.858. The third kappa shape index (κ3) is 6.94. The van der Waals surface area contributed by atoms with Gasteiger partial charge in [-0.3, -0.25) is 0 Å². The number of hydrogen-bond donors (Lipinski definition) is 2. The molecule has 0 aliphatic carbocycles. The van der Waals surface area contributed by atoms with Crippen molar-refractivity contribution in [1.82, 2.24) is 5.32 Å². The molecule has 0 saturated carbocycles. The van der Waals surface area contributed by atoms with Gasteiger partial charge in [0.15, 0.2) is 0 Å². The minimum absolute atomic E-state index is 0.00179. The van der Waals surface area contributed by atoms with E-state index in [2.05, 4.69) is 21.2 Å². The van der Waals surface area contributed by atoms with Crippen LogP contribution in [0.5, 0.6) is 0 Å². The summed E-state index contributed by atoms with van der Waals surface area (Å²) < 4.78 is 6.20. The molecule has 1 unspecified atom stereocenters. The topological polar surface area (TPSA) is 58.6 Å². The fourth-order valence-electron chi connectivity index (χ4n) is 1.49. The predicted molar refractivity (Wildman–Crippen MR) is 80.5 cm³/mol. The number of carbonyl (C=O) groups excluding carboxylic acids is 1. The molecule has 0 radical (unpaired) electrons. The standard InChI is InChI=1S/C13H20BrNO3S/c1-13(2,3)18-12(17)15-6-9(7-16)4-11-5-10(14)8-19-11/h5,8-9,16H,4,6-7H2,1-3H3,(H,15,17). The van der Waals surface area contributed by atoms with Crippen LogP contribution in [0.3, 0.4) is 0 Å². The van der Waals surface area contributed by atoms with E-state index in [9.17, 15) is 9.90 Å². The van der Waals surface area contributed by atoms with Crippen molar-refractivity contribution in [2.24, 2.45) is 5.92 Å². The van der Waals surface area contributed by atoms with E-state index in [0.29, 0.717) is 6.54 Å². The average molecular weight is 350 g/mol. The Labute approximate surface area is 126 Å². The smallest absolute Gasteiger partial charge is 0.407 e. The van der Waals surface area contributed by atoms with Crippen LogP contribution >= 0.6 is 27.3 Å². The molecule has 108 valence electrons. The Bertz CT molecular complexity index is 414. The van der Waals surface area contributed by atoms with Crippen molar-refractivity contribution >= 4 is 33.4 Å². The van der Waals surface area contributed by atoms with Gasteiger partial charge in [-0.15, -0.1) is 11.3 Å². The summed E-state index contributed by atoms with van der Waals surface area (Å²) in [5, 5.41) is 14.0. The van der Waals surface area contributed by atoms with Crippen molar-refractivity contribution < 1.29 is 14.6 Å². The zero-order chi connectivity index (χ0) is 14.5. The third-order valence-electron chi connectivity index (χ3n) is 2.30. The summed E-state index contributed by atoms with van der Waals surface area (Å²) >= 11 is 5.03. The summed E-state index contributed by atoms with van der Waals surface area (Å²) in [4.78, 5) is 12.7. The molecule has 1 aromatic heterocycles. The van der Waals surface area contributed by atoms with Crippen LogP contribution < -0.4 is 5.32 Å². The maximum Gasteiger partial charge on any atom is 0.407 e. The Morgan fingerprint density at radius 3 is 2.74 bits per heavy atom. The first-order chi connectivity index (χ1) is 8.80. The molecule has 19 heavy (non-hydrogen) atoms. The van der Waals surface area contributed by atoms with Crippen molar-refractivity contribution in [3.63, 3.8) is 0 Å². The lowest BCUT2D eigenvalue weighted by Crippen LogP contribution is -2.36. The molecule has 1 atom stereocenters. The summed E-state index contributed by atoms with van der Waals surface area (Å²) in [5.74, 6) is -0.00179. The first kappa shape index (κ1) is 16.5. The van der Waals surface area contributed by atoms with E-state index in [1.807, 2.05) is 32.2 Å². The maximum absolute atomic E-state index is 11.5. The molecule has 2 N–H and O–H groups in total. The number of aliphatic hydroxyl groups is 1. The van der Waals surface area contributed by atoms with Crippen LogP contribution in [-0.2, 0) is 11.2 Å². The second-order valence-electron chi connectivity index (χ2n) is 5.37. The average Bonchev–Trinajstić information content (AvgIpc) is 2.67. The molecule has 4 nitrogen and oxygen atoms in total.